The number of carboxylic acids is 3. The molecule has 0 fully saturated rings. The van der Waals surface area contributed by atoms with Gasteiger partial charge in [0.15, 0.2) is 0 Å². The molecule has 0 aromatic carbocycles. The number of hydrogen-bond donors (Lipinski definition) is 3. The molecule has 7 heteroatoms. The predicted octanol–water partition coefficient (Wildman–Crippen LogP) is 6.48. The fourth-order valence-corrected chi connectivity index (χ4v) is 2.86. The van der Waals surface area contributed by atoms with Crippen LogP contribution in [0.2, 0.25) is 0 Å². The lowest BCUT2D eigenvalue weighted by atomic mass is 10.00. The summed E-state index contributed by atoms with van der Waals surface area (Å²) in [5.74, 6) is -2.26. The molecule has 0 heterocycles. The zero-order valence-corrected chi connectivity index (χ0v) is 22.0. The second-order valence-electron chi connectivity index (χ2n) is 7.76. The Morgan fingerprint density at radius 1 is 0.516 bits per heavy atom. The molecular weight excluding hydrogens is 411 g/mol. The van der Waals surface area contributed by atoms with Gasteiger partial charge < -0.3 is 15.3 Å². The molecule has 0 aliphatic rings. The van der Waals surface area contributed by atoms with Gasteiger partial charge in [0.05, 0.1) is 17.8 Å². The van der Waals surface area contributed by atoms with E-state index in [1.807, 2.05) is 20.8 Å². The Bertz CT molecular complexity index is 366. The van der Waals surface area contributed by atoms with Gasteiger partial charge in [-0.05, 0) is 38.5 Å². The summed E-state index contributed by atoms with van der Waals surface area (Å²) in [4.78, 5) is 31.3. The molecule has 0 amide bonds. The van der Waals surface area contributed by atoms with Gasteiger partial charge in [0.2, 0.25) is 0 Å². The van der Waals surface area contributed by atoms with Gasteiger partial charge in [0.25, 0.3) is 0 Å². The van der Waals surface area contributed by atoms with Crippen LogP contribution in [0.5, 0.6) is 0 Å². The van der Waals surface area contributed by atoms with Crippen molar-refractivity contribution in [1.29, 1.82) is 0 Å². The summed E-state index contributed by atoms with van der Waals surface area (Å²) in [6.07, 6.45) is 11.1. The Morgan fingerprint density at radius 2 is 0.710 bits per heavy atom. The van der Waals surface area contributed by atoms with Crippen LogP contribution in [-0.4, -0.2) is 50.6 Å². The van der Waals surface area contributed by atoms with E-state index in [2.05, 4.69) is 20.8 Å². The molecule has 0 saturated carbocycles. The molecule has 0 spiro atoms. The summed E-state index contributed by atoms with van der Waals surface area (Å²) in [6, 6.07) is 0. The molecule has 0 saturated heterocycles. The average molecular weight is 460 g/mol. The van der Waals surface area contributed by atoms with Crippen LogP contribution in [0.4, 0.5) is 0 Å². The molecule has 31 heavy (non-hydrogen) atoms. The van der Waals surface area contributed by atoms with Gasteiger partial charge in [-0.1, -0.05) is 80.1 Å². The van der Waals surface area contributed by atoms with Crippen LogP contribution in [0.1, 0.15) is 119 Å². The first-order valence-electron chi connectivity index (χ1n) is 11.8. The third-order valence-corrected chi connectivity index (χ3v) is 5.24. The van der Waals surface area contributed by atoms with E-state index in [0.29, 0.717) is 0 Å². The van der Waals surface area contributed by atoms with Gasteiger partial charge in [-0.25, -0.2) is 0 Å². The molecule has 3 atom stereocenters. The maximum atomic E-state index is 10.4. The Hall–Kier alpha value is -1.06. The second-order valence-corrected chi connectivity index (χ2v) is 7.76. The minimum atomic E-state index is -0.643. The Kier molecular flexibility index (Phi) is 32.4. The van der Waals surface area contributed by atoms with Crippen LogP contribution in [0, 0.1) is 17.8 Å². The van der Waals surface area contributed by atoms with Crippen molar-refractivity contribution in [1.82, 2.24) is 0 Å². The van der Waals surface area contributed by atoms with E-state index < -0.39 is 17.9 Å². The molecule has 0 bridgehead atoms. The first-order chi connectivity index (χ1) is 14.2. The lowest BCUT2D eigenvalue weighted by molar-refractivity contribution is -0.143. The van der Waals surface area contributed by atoms with Gasteiger partial charge in [-0.2, -0.15) is 0 Å². The first-order valence-corrected chi connectivity index (χ1v) is 11.8. The fraction of sp³-hybridized carbons (Fsp3) is 0.875. The van der Waals surface area contributed by atoms with Crippen molar-refractivity contribution in [2.45, 2.75) is 119 Å². The van der Waals surface area contributed by atoms with E-state index in [0.717, 1.165) is 77.0 Å². The predicted molar refractivity (Wildman–Crippen MR) is 129 cm³/mol. The standard InChI is InChI=1S/3C8H16O2.Al/c3*1-3-5-6-7(4-2)8(9)10;/h3*7H,3-6H2,1-2H3,(H,9,10);. The highest BCUT2D eigenvalue weighted by molar-refractivity contribution is 5.75. The Labute approximate surface area is 201 Å². The number of aliphatic carboxylic acids is 3. The summed E-state index contributed by atoms with van der Waals surface area (Å²) < 4.78 is 0. The normalized spacial score (nSPS) is 12.6. The van der Waals surface area contributed by atoms with Crippen molar-refractivity contribution in [2.24, 2.45) is 17.8 Å². The SMILES string of the molecule is CCCCC(CC)C(=O)O.CCCCC(CC)C(=O)O.CCCCC(CC)C(=O)O.[Al]. The monoisotopic (exact) mass is 459 g/mol. The van der Waals surface area contributed by atoms with Crippen LogP contribution in [0.3, 0.4) is 0 Å². The Morgan fingerprint density at radius 3 is 0.806 bits per heavy atom. The highest BCUT2D eigenvalue weighted by Crippen LogP contribution is 2.13. The maximum Gasteiger partial charge on any atom is 0.306 e. The van der Waals surface area contributed by atoms with Crippen LogP contribution >= 0.6 is 0 Å². The van der Waals surface area contributed by atoms with E-state index in [1.165, 1.54) is 0 Å². The van der Waals surface area contributed by atoms with Crippen molar-refractivity contribution in [3.63, 3.8) is 0 Å². The van der Waals surface area contributed by atoms with Crippen molar-refractivity contribution >= 4 is 35.3 Å². The van der Waals surface area contributed by atoms with Crippen molar-refractivity contribution in [3.8, 4) is 0 Å². The number of unbranched alkanes of at least 4 members (excludes halogenated alkanes) is 3. The zero-order valence-electron chi connectivity index (χ0n) is 20.9. The third-order valence-electron chi connectivity index (χ3n) is 5.24. The maximum absolute atomic E-state index is 10.4. The summed E-state index contributed by atoms with van der Waals surface area (Å²) in [6.45, 7) is 12.0. The lowest BCUT2D eigenvalue weighted by Crippen LogP contribution is -2.11. The molecule has 183 valence electrons. The highest BCUT2D eigenvalue weighted by Gasteiger charge is 2.14. The summed E-state index contributed by atoms with van der Waals surface area (Å²) in [7, 11) is 0. The smallest absolute Gasteiger partial charge is 0.306 e. The summed E-state index contributed by atoms with van der Waals surface area (Å²) >= 11 is 0. The quantitative estimate of drug-likeness (QED) is 0.242. The summed E-state index contributed by atoms with van der Waals surface area (Å²) in [5.41, 5.74) is 0. The van der Waals surface area contributed by atoms with Crippen molar-refractivity contribution in [3.05, 3.63) is 0 Å². The van der Waals surface area contributed by atoms with E-state index in [4.69, 9.17) is 15.3 Å². The minimum Gasteiger partial charge on any atom is -0.481 e. The molecule has 0 aliphatic heterocycles. The van der Waals surface area contributed by atoms with Gasteiger partial charge >= 0.3 is 17.9 Å². The minimum absolute atomic E-state index is 0. The van der Waals surface area contributed by atoms with Crippen LogP contribution < -0.4 is 0 Å². The van der Waals surface area contributed by atoms with Crippen LogP contribution in [0.15, 0.2) is 0 Å². The molecule has 3 N–H and O–H groups in total. The topological polar surface area (TPSA) is 112 Å². The van der Waals surface area contributed by atoms with Gasteiger partial charge in [0.1, 0.15) is 0 Å². The molecule has 0 aliphatic carbocycles. The molecule has 6 nitrogen and oxygen atoms in total. The van der Waals surface area contributed by atoms with E-state index in [1.54, 1.807) is 0 Å². The summed E-state index contributed by atoms with van der Waals surface area (Å²) in [5, 5.41) is 25.8. The van der Waals surface area contributed by atoms with E-state index in [9.17, 15) is 14.4 Å². The fourth-order valence-electron chi connectivity index (χ4n) is 2.86. The molecule has 3 unspecified atom stereocenters. The van der Waals surface area contributed by atoms with Crippen LogP contribution in [-0.2, 0) is 14.4 Å². The first kappa shape index (κ1) is 37.3. The highest BCUT2D eigenvalue weighted by atomic mass is 27.0. The van der Waals surface area contributed by atoms with E-state index in [-0.39, 0.29) is 35.1 Å². The van der Waals surface area contributed by atoms with Gasteiger partial charge in [-0.3, -0.25) is 14.4 Å². The number of carboxylic acid groups (broad SMARTS) is 3. The molecule has 0 aromatic rings. The Balaban J connectivity index is -0.000000174. The lowest BCUT2D eigenvalue weighted by Gasteiger charge is -2.06. The molecular formula is C24H48AlO6. The largest absolute Gasteiger partial charge is 0.481 e. The van der Waals surface area contributed by atoms with E-state index >= 15 is 0 Å². The second kappa shape index (κ2) is 27.0. The van der Waals surface area contributed by atoms with Gasteiger partial charge in [0, 0.05) is 17.4 Å². The van der Waals surface area contributed by atoms with Gasteiger partial charge in [-0.15, -0.1) is 0 Å². The number of rotatable bonds is 15. The van der Waals surface area contributed by atoms with Crippen molar-refractivity contribution in [2.75, 3.05) is 0 Å². The molecule has 3 radical (unpaired) electrons. The zero-order chi connectivity index (χ0) is 23.9. The van der Waals surface area contributed by atoms with Crippen molar-refractivity contribution < 1.29 is 29.7 Å². The number of hydrogen-bond acceptors (Lipinski definition) is 3. The number of carbonyl (C=O) groups is 3. The molecule has 0 aromatic heterocycles. The van der Waals surface area contributed by atoms with Crippen LogP contribution in [0.25, 0.3) is 0 Å². The third kappa shape index (κ3) is 25.1. The average Bonchev–Trinajstić information content (AvgIpc) is 2.70. The molecule has 0 rings (SSSR count).